The Balaban J connectivity index is 1.35. The molecule has 0 saturated carbocycles. The van der Waals surface area contributed by atoms with Crippen LogP contribution in [-0.2, 0) is 13.3 Å². The lowest BCUT2D eigenvalue weighted by atomic mass is 10.2. The van der Waals surface area contributed by atoms with Gasteiger partial charge in [0.05, 0.1) is 41.7 Å². The second-order valence-corrected chi connectivity index (χ2v) is 8.25. The fourth-order valence-corrected chi connectivity index (χ4v) is 3.67. The van der Waals surface area contributed by atoms with Gasteiger partial charge in [-0.15, -0.1) is 0 Å². The van der Waals surface area contributed by atoms with Gasteiger partial charge in [0.1, 0.15) is 11.6 Å². The lowest BCUT2D eigenvalue weighted by Gasteiger charge is -2.10. The summed E-state index contributed by atoms with van der Waals surface area (Å²) in [5.74, 6) is 0.401. The Morgan fingerprint density at radius 2 is 1.94 bits per heavy atom. The first kappa shape index (κ1) is 22.8. The van der Waals surface area contributed by atoms with Gasteiger partial charge in [0.15, 0.2) is 11.8 Å². The van der Waals surface area contributed by atoms with Crippen molar-refractivity contribution >= 4 is 40.3 Å². The normalized spacial score (nSPS) is 10.8. The second-order valence-electron chi connectivity index (χ2n) is 7.41. The van der Waals surface area contributed by atoms with Crippen LogP contribution in [0.2, 0.25) is 5.02 Å². The highest BCUT2D eigenvalue weighted by Gasteiger charge is 2.13. The molecule has 0 aliphatic rings. The third kappa shape index (κ3) is 5.88. The van der Waals surface area contributed by atoms with Crippen molar-refractivity contribution in [3.8, 4) is 5.75 Å². The molecule has 0 aliphatic heterocycles. The van der Waals surface area contributed by atoms with Crippen molar-refractivity contribution in [2.75, 3.05) is 10.6 Å². The first-order chi connectivity index (χ1) is 15.9. The maximum atomic E-state index is 13.2. The summed E-state index contributed by atoms with van der Waals surface area (Å²) in [5.41, 5.74) is 4.24. The van der Waals surface area contributed by atoms with Gasteiger partial charge < -0.3 is 15.4 Å². The number of thiocarbonyl (C=S) groups is 1. The van der Waals surface area contributed by atoms with Crippen molar-refractivity contribution in [1.82, 2.24) is 19.6 Å². The Bertz CT molecular complexity index is 1270. The van der Waals surface area contributed by atoms with Gasteiger partial charge in [0.25, 0.3) is 0 Å². The zero-order chi connectivity index (χ0) is 23.4. The molecule has 0 fully saturated rings. The number of ether oxygens (including phenoxy) is 1. The van der Waals surface area contributed by atoms with Gasteiger partial charge in [-0.05, 0) is 62.0 Å². The number of benzene rings is 2. The van der Waals surface area contributed by atoms with Crippen LogP contribution in [0.5, 0.6) is 5.75 Å². The summed E-state index contributed by atoms with van der Waals surface area (Å²) >= 11 is 11.4. The quantitative estimate of drug-likeness (QED) is 0.343. The third-order valence-electron chi connectivity index (χ3n) is 4.92. The standard InChI is InChI=1S/C23H22ClFN6OS/c1-15-22(16(2)31(29-15)12-17-6-8-19(25)9-7-17)28-23(33)27-20-11-26-30(13-20)14-32-21-5-3-4-18(24)10-21/h3-11,13H,12,14H2,1-2H3,(H2,27,28,33). The van der Waals surface area contributed by atoms with E-state index in [2.05, 4.69) is 20.8 Å². The van der Waals surface area contributed by atoms with Crippen molar-refractivity contribution in [3.05, 3.63) is 88.7 Å². The monoisotopic (exact) mass is 484 g/mol. The van der Waals surface area contributed by atoms with E-state index < -0.39 is 0 Å². The molecule has 2 aromatic heterocycles. The van der Waals surface area contributed by atoms with E-state index in [1.54, 1.807) is 41.3 Å². The number of halogens is 2. The average molecular weight is 485 g/mol. The molecule has 2 heterocycles. The van der Waals surface area contributed by atoms with Crippen molar-refractivity contribution < 1.29 is 9.13 Å². The molecule has 2 aromatic carbocycles. The summed E-state index contributed by atoms with van der Waals surface area (Å²) in [5, 5.41) is 16.2. The third-order valence-corrected chi connectivity index (χ3v) is 5.36. The maximum Gasteiger partial charge on any atom is 0.180 e. The van der Waals surface area contributed by atoms with Crippen molar-refractivity contribution in [1.29, 1.82) is 0 Å². The van der Waals surface area contributed by atoms with Crippen LogP contribution >= 0.6 is 23.8 Å². The number of rotatable bonds is 7. The van der Waals surface area contributed by atoms with E-state index in [0.717, 1.165) is 28.3 Å². The predicted octanol–water partition coefficient (Wildman–Crippen LogP) is 5.38. The van der Waals surface area contributed by atoms with Crippen LogP contribution in [0.25, 0.3) is 0 Å². The highest BCUT2D eigenvalue weighted by Crippen LogP contribution is 2.21. The molecule has 0 bridgehead atoms. The minimum atomic E-state index is -0.259. The Labute approximate surface area is 201 Å². The van der Waals surface area contributed by atoms with Gasteiger partial charge >= 0.3 is 0 Å². The fourth-order valence-electron chi connectivity index (χ4n) is 3.27. The maximum absolute atomic E-state index is 13.2. The molecule has 0 atom stereocenters. The van der Waals surface area contributed by atoms with Gasteiger partial charge in [-0.25, -0.2) is 9.07 Å². The highest BCUT2D eigenvalue weighted by molar-refractivity contribution is 7.80. The van der Waals surface area contributed by atoms with Gasteiger partial charge in [0, 0.05) is 5.02 Å². The van der Waals surface area contributed by atoms with Crippen LogP contribution in [0.3, 0.4) is 0 Å². The number of aryl methyl sites for hydroxylation is 1. The van der Waals surface area contributed by atoms with Gasteiger partial charge in [-0.2, -0.15) is 10.2 Å². The Morgan fingerprint density at radius 1 is 1.15 bits per heavy atom. The summed E-state index contributed by atoms with van der Waals surface area (Å²) in [6.45, 7) is 4.63. The van der Waals surface area contributed by atoms with Gasteiger partial charge in [0.2, 0.25) is 0 Å². The molecule has 0 spiro atoms. The molecule has 0 saturated heterocycles. The van der Waals surface area contributed by atoms with E-state index in [-0.39, 0.29) is 12.5 Å². The van der Waals surface area contributed by atoms with E-state index in [9.17, 15) is 4.39 Å². The number of nitrogens with one attached hydrogen (secondary N) is 2. The summed E-state index contributed by atoms with van der Waals surface area (Å²) in [6, 6.07) is 13.6. The van der Waals surface area contributed by atoms with Crippen molar-refractivity contribution in [2.24, 2.45) is 0 Å². The lowest BCUT2D eigenvalue weighted by Crippen LogP contribution is -2.19. The lowest BCUT2D eigenvalue weighted by molar-refractivity contribution is 0.221. The molecular formula is C23H22ClFN6OS. The van der Waals surface area contributed by atoms with Gasteiger partial charge in [-0.3, -0.25) is 4.68 Å². The number of nitrogens with zero attached hydrogens (tertiary/aromatic N) is 4. The zero-order valence-electron chi connectivity index (χ0n) is 18.0. The molecule has 4 aromatic rings. The smallest absolute Gasteiger partial charge is 0.180 e. The SMILES string of the molecule is Cc1nn(Cc2ccc(F)cc2)c(C)c1NC(=S)Nc1cnn(COc2cccc(Cl)c2)c1. The van der Waals surface area contributed by atoms with Gasteiger partial charge in [-0.1, -0.05) is 29.8 Å². The highest BCUT2D eigenvalue weighted by atomic mass is 35.5. The zero-order valence-corrected chi connectivity index (χ0v) is 19.6. The Hall–Kier alpha value is -3.43. The number of hydrogen-bond donors (Lipinski definition) is 2. The van der Waals surface area contributed by atoms with E-state index in [1.165, 1.54) is 12.1 Å². The first-order valence-corrected chi connectivity index (χ1v) is 10.9. The minimum absolute atomic E-state index is 0.233. The molecule has 0 aliphatic carbocycles. The summed E-state index contributed by atoms with van der Waals surface area (Å²) < 4.78 is 22.3. The predicted molar refractivity (Wildman–Crippen MR) is 131 cm³/mol. The average Bonchev–Trinajstić information content (AvgIpc) is 3.33. The van der Waals surface area contributed by atoms with Crippen LogP contribution in [0.1, 0.15) is 17.0 Å². The molecule has 0 radical (unpaired) electrons. The van der Waals surface area contributed by atoms with Crippen molar-refractivity contribution in [3.63, 3.8) is 0 Å². The Kier molecular flexibility index (Phi) is 6.90. The fraction of sp³-hybridized carbons (Fsp3) is 0.174. The van der Waals surface area contributed by atoms with Crippen LogP contribution in [0.4, 0.5) is 15.8 Å². The summed E-state index contributed by atoms with van der Waals surface area (Å²) in [7, 11) is 0. The molecule has 33 heavy (non-hydrogen) atoms. The molecule has 2 N–H and O–H groups in total. The number of anilines is 2. The van der Waals surface area contributed by atoms with Crippen LogP contribution in [0, 0.1) is 19.7 Å². The number of hydrogen-bond acceptors (Lipinski definition) is 4. The van der Waals surface area contributed by atoms with Crippen LogP contribution in [0.15, 0.2) is 60.9 Å². The molecule has 0 amide bonds. The minimum Gasteiger partial charge on any atom is -0.471 e. The second kappa shape index (κ2) is 10.0. The summed E-state index contributed by atoms with van der Waals surface area (Å²) in [4.78, 5) is 0. The topological polar surface area (TPSA) is 68.9 Å². The molecule has 4 rings (SSSR count). The molecule has 0 unspecified atom stereocenters. The van der Waals surface area contributed by atoms with E-state index >= 15 is 0 Å². The van der Waals surface area contributed by atoms with Crippen LogP contribution < -0.4 is 15.4 Å². The van der Waals surface area contributed by atoms with E-state index in [4.69, 9.17) is 28.6 Å². The van der Waals surface area contributed by atoms with Crippen molar-refractivity contribution in [2.45, 2.75) is 27.1 Å². The molecule has 170 valence electrons. The molecular weight excluding hydrogens is 463 g/mol. The van der Waals surface area contributed by atoms with E-state index in [0.29, 0.717) is 22.4 Å². The molecule has 7 nitrogen and oxygen atoms in total. The molecule has 10 heteroatoms. The first-order valence-electron chi connectivity index (χ1n) is 10.1. The number of aromatic nitrogens is 4. The summed E-state index contributed by atoms with van der Waals surface area (Å²) in [6.07, 6.45) is 3.45. The van der Waals surface area contributed by atoms with Crippen LogP contribution in [-0.4, -0.2) is 24.7 Å². The van der Waals surface area contributed by atoms with E-state index in [1.807, 2.05) is 30.7 Å². The Morgan fingerprint density at radius 3 is 2.70 bits per heavy atom. The largest absolute Gasteiger partial charge is 0.471 e.